The van der Waals surface area contributed by atoms with Gasteiger partial charge in [-0.15, -0.1) is 0 Å². The number of amides is 1. The summed E-state index contributed by atoms with van der Waals surface area (Å²) in [6, 6.07) is 0. The SMILES string of the molecule is CCCC(O)CCCCCCCC(=O)NCCCCCC(=O)O. The van der Waals surface area contributed by atoms with Gasteiger partial charge in [0.15, 0.2) is 0 Å². The third-order valence-electron chi connectivity index (χ3n) is 3.95. The van der Waals surface area contributed by atoms with Crippen LogP contribution in [0.5, 0.6) is 0 Å². The minimum Gasteiger partial charge on any atom is -0.481 e. The van der Waals surface area contributed by atoms with Crippen molar-refractivity contribution in [1.82, 2.24) is 5.32 Å². The largest absolute Gasteiger partial charge is 0.481 e. The van der Waals surface area contributed by atoms with Gasteiger partial charge in [-0.25, -0.2) is 0 Å². The van der Waals surface area contributed by atoms with Gasteiger partial charge < -0.3 is 15.5 Å². The molecule has 0 aromatic carbocycles. The highest BCUT2D eigenvalue weighted by molar-refractivity contribution is 5.75. The van der Waals surface area contributed by atoms with Crippen molar-refractivity contribution in [3.63, 3.8) is 0 Å². The molecule has 0 aromatic heterocycles. The van der Waals surface area contributed by atoms with Crippen molar-refractivity contribution >= 4 is 11.9 Å². The number of carboxylic acid groups (broad SMARTS) is 1. The summed E-state index contributed by atoms with van der Waals surface area (Å²) in [6.07, 6.45) is 11.2. The number of aliphatic hydroxyl groups is 1. The molecule has 0 aromatic rings. The number of carbonyl (C=O) groups excluding carboxylic acids is 1. The summed E-state index contributed by atoms with van der Waals surface area (Å²) in [5.41, 5.74) is 0. The smallest absolute Gasteiger partial charge is 0.303 e. The Morgan fingerprint density at radius 2 is 1.48 bits per heavy atom. The average Bonchev–Trinajstić information content (AvgIpc) is 2.49. The fraction of sp³-hybridized carbons (Fsp3) is 0.889. The minimum absolute atomic E-state index is 0.0987. The molecule has 0 aliphatic heterocycles. The van der Waals surface area contributed by atoms with Gasteiger partial charge in [-0.2, -0.15) is 0 Å². The maximum absolute atomic E-state index is 11.6. The van der Waals surface area contributed by atoms with E-state index in [2.05, 4.69) is 12.2 Å². The zero-order valence-corrected chi connectivity index (χ0v) is 14.7. The molecule has 0 saturated heterocycles. The van der Waals surface area contributed by atoms with E-state index >= 15 is 0 Å². The van der Waals surface area contributed by atoms with E-state index in [9.17, 15) is 14.7 Å². The van der Waals surface area contributed by atoms with Gasteiger partial charge >= 0.3 is 5.97 Å². The second-order valence-electron chi connectivity index (χ2n) is 6.30. The summed E-state index contributed by atoms with van der Waals surface area (Å²) < 4.78 is 0. The van der Waals surface area contributed by atoms with Crippen molar-refractivity contribution in [1.29, 1.82) is 0 Å². The highest BCUT2D eigenvalue weighted by Crippen LogP contribution is 2.11. The number of hydrogen-bond acceptors (Lipinski definition) is 3. The van der Waals surface area contributed by atoms with Crippen molar-refractivity contribution in [2.24, 2.45) is 0 Å². The Labute approximate surface area is 140 Å². The highest BCUT2D eigenvalue weighted by atomic mass is 16.4. The van der Waals surface area contributed by atoms with E-state index in [1.165, 1.54) is 0 Å². The average molecular weight is 329 g/mol. The number of unbranched alkanes of at least 4 members (excludes halogenated alkanes) is 6. The molecule has 0 heterocycles. The fourth-order valence-electron chi connectivity index (χ4n) is 2.57. The molecule has 0 aliphatic carbocycles. The molecule has 0 saturated carbocycles. The van der Waals surface area contributed by atoms with Crippen molar-refractivity contribution in [3.8, 4) is 0 Å². The third-order valence-corrected chi connectivity index (χ3v) is 3.95. The van der Waals surface area contributed by atoms with Crippen LogP contribution in [0.25, 0.3) is 0 Å². The normalized spacial score (nSPS) is 12.1. The van der Waals surface area contributed by atoms with Crippen molar-refractivity contribution in [2.75, 3.05) is 6.54 Å². The van der Waals surface area contributed by atoms with E-state index in [4.69, 9.17) is 5.11 Å². The molecule has 0 spiro atoms. The van der Waals surface area contributed by atoms with Gasteiger partial charge in [-0.3, -0.25) is 9.59 Å². The molecule has 0 rings (SSSR count). The van der Waals surface area contributed by atoms with Gasteiger partial charge in [-0.05, 0) is 32.1 Å². The first-order valence-electron chi connectivity index (χ1n) is 9.22. The van der Waals surface area contributed by atoms with Crippen LogP contribution in [0, 0.1) is 0 Å². The Kier molecular flexibility index (Phi) is 15.0. The Bertz CT molecular complexity index is 307. The Balaban J connectivity index is 3.26. The number of aliphatic hydroxyl groups excluding tert-OH is 1. The maximum atomic E-state index is 11.6. The summed E-state index contributed by atoms with van der Waals surface area (Å²) in [4.78, 5) is 21.9. The molecule has 1 unspecified atom stereocenters. The second kappa shape index (κ2) is 15.8. The number of nitrogens with one attached hydrogen (secondary N) is 1. The first-order chi connectivity index (χ1) is 11.1. The van der Waals surface area contributed by atoms with Crippen LogP contribution in [-0.2, 0) is 9.59 Å². The van der Waals surface area contributed by atoms with Gasteiger partial charge in [0.2, 0.25) is 5.91 Å². The number of rotatable bonds is 16. The molecule has 1 atom stereocenters. The molecule has 0 radical (unpaired) electrons. The number of hydrogen-bond donors (Lipinski definition) is 3. The first kappa shape index (κ1) is 21.9. The predicted molar refractivity (Wildman–Crippen MR) is 92.3 cm³/mol. The van der Waals surface area contributed by atoms with Crippen LogP contribution in [0.1, 0.15) is 90.4 Å². The van der Waals surface area contributed by atoms with Crippen LogP contribution in [0.2, 0.25) is 0 Å². The topological polar surface area (TPSA) is 86.6 Å². The number of carbonyl (C=O) groups is 2. The maximum Gasteiger partial charge on any atom is 0.303 e. The first-order valence-corrected chi connectivity index (χ1v) is 9.22. The molecule has 1 amide bonds. The second-order valence-corrected chi connectivity index (χ2v) is 6.30. The Morgan fingerprint density at radius 3 is 2.17 bits per heavy atom. The fourth-order valence-corrected chi connectivity index (χ4v) is 2.57. The monoisotopic (exact) mass is 329 g/mol. The molecule has 5 heteroatoms. The molecular formula is C18H35NO4. The lowest BCUT2D eigenvalue weighted by molar-refractivity contribution is -0.137. The van der Waals surface area contributed by atoms with Crippen LogP contribution in [0.3, 0.4) is 0 Å². The zero-order valence-electron chi connectivity index (χ0n) is 14.7. The van der Waals surface area contributed by atoms with Crippen LogP contribution < -0.4 is 5.32 Å². The zero-order chi connectivity index (χ0) is 17.3. The molecule has 0 aliphatic rings. The quantitative estimate of drug-likeness (QED) is 0.377. The summed E-state index contributed by atoms with van der Waals surface area (Å²) in [6.45, 7) is 2.73. The van der Waals surface area contributed by atoms with Gasteiger partial charge in [-0.1, -0.05) is 45.4 Å². The third kappa shape index (κ3) is 17.1. The van der Waals surface area contributed by atoms with Crippen molar-refractivity contribution < 1.29 is 19.8 Å². The summed E-state index contributed by atoms with van der Waals surface area (Å²) >= 11 is 0. The molecule has 5 nitrogen and oxygen atoms in total. The Hall–Kier alpha value is -1.10. The summed E-state index contributed by atoms with van der Waals surface area (Å²) in [5.74, 6) is -0.657. The van der Waals surface area contributed by atoms with E-state index in [1.54, 1.807) is 0 Å². The van der Waals surface area contributed by atoms with Gasteiger partial charge in [0.05, 0.1) is 6.10 Å². The summed E-state index contributed by atoms with van der Waals surface area (Å²) in [5, 5.41) is 21.0. The van der Waals surface area contributed by atoms with Gasteiger partial charge in [0.25, 0.3) is 0 Å². The van der Waals surface area contributed by atoms with E-state index in [-0.39, 0.29) is 18.4 Å². The van der Waals surface area contributed by atoms with Crippen LogP contribution in [-0.4, -0.2) is 34.7 Å². The molecule has 0 bridgehead atoms. The molecular weight excluding hydrogens is 294 g/mol. The van der Waals surface area contributed by atoms with Crippen LogP contribution in [0.15, 0.2) is 0 Å². The number of aliphatic carboxylic acids is 1. The van der Waals surface area contributed by atoms with E-state index in [1.807, 2.05) is 0 Å². The lowest BCUT2D eigenvalue weighted by atomic mass is 10.0. The highest BCUT2D eigenvalue weighted by Gasteiger charge is 2.03. The van der Waals surface area contributed by atoms with E-state index < -0.39 is 5.97 Å². The molecule has 23 heavy (non-hydrogen) atoms. The van der Waals surface area contributed by atoms with Crippen LogP contribution in [0.4, 0.5) is 0 Å². The van der Waals surface area contributed by atoms with Crippen molar-refractivity contribution in [2.45, 2.75) is 96.5 Å². The molecule has 3 N–H and O–H groups in total. The van der Waals surface area contributed by atoms with Crippen molar-refractivity contribution in [3.05, 3.63) is 0 Å². The van der Waals surface area contributed by atoms with E-state index in [0.717, 1.165) is 64.2 Å². The number of carboxylic acids is 1. The minimum atomic E-state index is -0.756. The lowest BCUT2D eigenvalue weighted by Gasteiger charge is -2.08. The lowest BCUT2D eigenvalue weighted by Crippen LogP contribution is -2.23. The van der Waals surface area contributed by atoms with Gasteiger partial charge in [0, 0.05) is 19.4 Å². The van der Waals surface area contributed by atoms with Gasteiger partial charge in [0.1, 0.15) is 0 Å². The standard InChI is InChI=1S/C18H35NO4/c1-2-11-16(20)12-7-4-3-5-8-13-17(21)19-15-10-6-9-14-18(22)23/h16,20H,2-15H2,1H3,(H,19,21)(H,22,23). The van der Waals surface area contributed by atoms with Crippen LogP contribution >= 0.6 is 0 Å². The Morgan fingerprint density at radius 1 is 0.870 bits per heavy atom. The van der Waals surface area contributed by atoms with E-state index in [0.29, 0.717) is 19.4 Å². The predicted octanol–water partition coefficient (Wildman–Crippen LogP) is 3.64. The molecule has 0 fully saturated rings. The summed E-state index contributed by atoms with van der Waals surface area (Å²) in [7, 11) is 0. The molecule has 136 valence electrons.